The molecule has 1 aliphatic heterocycles. The molecule has 1 fully saturated rings. The van der Waals surface area contributed by atoms with Crippen molar-refractivity contribution in [3.63, 3.8) is 0 Å². The number of thioether (sulfide) groups is 1. The number of rotatable bonds is 7. The van der Waals surface area contributed by atoms with Gasteiger partial charge in [0.1, 0.15) is 0 Å². The molecule has 1 aliphatic rings. The van der Waals surface area contributed by atoms with Gasteiger partial charge in [-0.2, -0.15) is 11.8 Å². The zero-order valence-electron chi connectivity index (χ0n) is 13.8. The third-order valence-electron chi connectivity index (χ3n) is 4.85. The monoisotopic (exact) mass is 286 g/mol. The van der Waals surface area contributed by atoms with Crippen molar-refractivity contribution in [3.05, 3.63) is 0 Å². The van der Waals surface area contributed by atoms with E-state index in [1.165, 1.54) is 30.9 Å². The number of nitrogens with one attached hydrogen (secondary N) is 1. The summed E-state index contributed by atoms with van der Waals surface area (Å²) in [7, 11) is 0. The van der Waals surface area contributed by atoms with E-state index in [0.717, 1.165) is 12.5 Å². The highest BCUT2D eigenvalue weighted by Gasteiger charge is 2.39. The maximum absolute atomic E-state index is 3.86. The Bertz CT molecular complexity index is 251. The lowest BCUT2D eigenvalue weighted by molar-refractivity contribution is 0.0288. The molecule has 0 bridgehead atoms. The molecule has 0 aromatic carbocycles. The molecule has 1 heterocycles. The molecule has 0 aliphatic carbocycles. The molecule has 2 unspecified atom stereocenters. The second kappa shape index (κ2) is 7.90. The van der Waals surface area contributed by atoms with Crippen LogP contribution in [-0.4, -0.2) is 47.1 Å². The highest BCUT2D eigenvalue weighted by Crippen LogP contribution is 2.28. The molecule has 3 heteroatoms. The van der Waals surface area contributed by atoms with Crippen molar-refractivity contribution >= 4 is 11.8 Å². The Morgan fingerprint density at radius 2 is 1.84 bits per heavy atom. The van der Waals surface area contributed by atoms with E-state index in [2.05, 4.69) is 63.5 Å². The van der Waals surface area contributed by atoms with Gasteiger partial charge in [0.2, 0.25) is 0 Å². The van der Waals surface area contributed by atoms with Gasteiger partial charge in [0.05, 0.1) is 0 Å². The molecule has 0 aromatic rings. The molecule has 0 amide bonds. The Labute approximate surface area is 125 Å². The van der Waals surface area contributed by atoms with Crippen molar-refractivity contribution in [2.75, 3.05) is 24.6 Å². The van der Waals surface area contributed by atoms with Gasteiger partial charge < -0.3 is 5.32 Å². The largest absolute Gasteiger partial charge is 0.308 e. The van der Waals surface area contributed by atoms with Crippen LogP contribution in [0.25, 0.3) is 0 Å². The smallest absolute Gasteiger partial charge is 0.0304 e. The highest BCUT2D eigenvalue weighted by atomic mass is 32.2. The molecule has 0 radical (unpaired) electrons. The minimum absolute atomic E-state index is 0.344. The van der Waals surface area contributed by atoms with E-state index in [-0.39, 0.29) is 0 Å². The lowest BCUT2D eigenvalue weighted by Crippen LogP contribution is -2.66. The van der Waals surface area contributed by atoms with Gasteiger partial charge in [0.15, 0.2) is 0 Å². The molecular formula is C16H34N2S. The number of piperazine rings is 1. The summed E-state index contributed by atoms with van der Waals surface area (Å²) in [6.45, 7) is 16.4. The molecule has 0 saturated carbocycles. The van der Waals surface area contributed by atoms with Gasteiger partial charge in [-0.15, -0.1) is 0 Å². The van der Waals surface area contributed by atoms with Crippen molar-refractivity contribution in [1.82, 2.24) is 10.2 Å². The Hall–Kier alpha value is 0.270. The summed E-state index contributed by atoms with van der Waals surface area (Å²) in [5.74, 6) is 3.23. The van der Waals surface area contributed by atoms with Crippen molar-refractivity contribution < 1.29 is 0 Å². The maximum atomic E-state index is 3.86. The van der Waals surface area contributed by atoms with Crippen LogP contribution in [0, 0.1) is 5.92 Å². The normalized spacial score (nSPS) is 25.7. The Balaban J connectivity index is 2.78. The summed E-state index contributed by atoms with van der Waals surface area (Å²) < 4.78 is 0. The van der Waals surface area contributed by atoms with Crippen LogP contribution in [0.5, 0.6) is 0 Å². The van der Waals surface area contributed by atoms with Crippen LogP contribution in [0.1, 0.15) is 54.4 Å². The standard InChI is InChI=1S/C16H34N2S/c1-7-16(8-2)12-18(14(6)11-19-9-3)15(10-17-16)13(4)5/h13-15,17H,7-12H2,1-6H3. The molecular weight excluding hydrogens is 252 g/mol. The van der Waals surface area contributed by atoms with Crippen LogP contribution in [0.4, 0.5) is 0 Å². The van der Waals surface area contributed by atoms with Crippen molar-refractivity contribution in [2.45, 2.75) is 72.0 Å². The fraction of sp³-hybridized carbons (Fsp3) is 1.00. The minimum atomic E-state index is 0.344. The lowest BCUT2D eigenvalue weighted by Gasteiger charge is -2.51. The summed E-state index contributed by atoms with van der Waals surface area (Å²) in [6, 6.07) is 1.38. The van der Waals surface area contributed by atoms with E-state index in [4.69, 9.17) is 0 Å². The molecule has 114 valence electrons. The van der Waals surface area contributed by atoms with Crippen LogP contribution in [0.3, 0.4) is 0 Å². The zero-order valence-corrected chi connectivity index (χ0v) is 14.6. The predicted molar refractivity (Wildman–Crippen MR) is 89.1 cm³/mol. The van der Waals surface area contributed by atoms with E-state index < -0.39 is 0 Å². The summed E-state index contributed by atoms with van der Waals surface area (Å²) in [5, 5.41) is 3.86. The number of nitrogens with zero attached hydrogens (tertiary/aromatic N) is 1. The van der Waals surface area contributed by atoms with E-state index in [9.17, 15) is 0 Å². The fourth-order valence-electron chi connectivity index (χ4n) is 3.17. The van der Waals surface area contributed by atoms with Crippen molar-refractivity contribution in [1.29, 1.82) is 0 Å². The van der Waals surface area contributed by atoms with Crippen LogP contribution in [-0.2, 0) is 0 Å². The lowest BCUT2D eigenvalue weighted by atomic mass is 9.85. The Morgan fingerprint density at radius 1 is 1.21 bits per heavy atom. The minimum Gasteiger partial charge on any atom is -0.308 e. The summed E-state index contributed by atoms with van der Waals surface area (Å²) in [6.07, 6.45) is 2.47. The fourth-order valence-corrected chi connectivity index (χ4v) is 3.94. The van der Waals surface area contributed by atoms with Crippen molar-refractivity contribution in [2.24, 2.45) is 5.92 Å². The van der Waals surface area contributed by atoms with Gasteiger partial charge in [0, 0.05) is 36.5 Å². The average Bonchev–Trinajstić information content (AvgIpc) is 2.43. The van der Waals surface area contributed by atoms with Crippen LogP contribution in [0.2, 0.25) is 0 Å². The molecule has 2 atom stereocenters. The first-order chi connectivity index (χ1) is 8.99. The first kappa shape index (κ1) is 17.3. The molecule has 1 N–H and O–H groups in total. The zero-order chi connectivity index (χ0) is 14.5. The molecule has 1 rings (SSSR count). The molecule has 19 heavy (non-hydrogen) atoms. The topological polar surface area (TPSA) is 15.3 Å². The predicted octanol–water partition coefficient (Wildman–Crippen LogP) is 3.62. The molecule has 0 aromatic heterocycles. The third kappa shape index (κ3) is 4.37. The van der Waals surface area contributed by atoms with E-state index in [1.54, 1.807) is 0 Å². The first-order valence-electron chi connectivity index (χ1n) is 8.08. The average molecular weight is 287 g/mol. The summed E-state index contributed by atoms with van der Waals surface area (Å²) in [5.41, 5.74) is 0.344. The third-order valence-corrected chi connectivity index (χ3v) is 5.98. The van der Waals surface area contributed by atoms with Gasteiger partial charge in [-0.1, -0.05) is 34.6 Å². The first-order valence-corrected chi connectivity index (χ1v) is 9.23. The SMILES string of the molecule is CCSCC(C)N1CC(CC)(CC)NCC1C(C)C. The Morgan fingerprint density at radius 3 is 2.32 bits per heavy atom. The van der Waals surface area contributed by atoms with Crippen molar-refractivity contribution in [3.8, 4) is 0 Å². The maximum Gasteiger partial charge on any atom is 0.0304 e. The van der Waals surface area contributed by atoms with E-state index >= 15 is 0 Å². The van der Waals surface area contributed by atoms with Crippen LogP contribution < -0.4 is 5.32 Å². The van der Waals surface area contributed by atoms with Gasteiger partial charge in [-0.05, 0) is 31.4 Å². The Kier molecular flexibility index (Phi) is 7.20. The summed E-state index contributed by atoms with van der Waals surface area (Å²) >= 11 is 2.08. The highest BCUT2D eigenvalue weighted by molar-refractivity contribution is 7.99. The van der Waals surface area contributed by atoms with E-state index in [1.807, 2.05) is 0 Å². The molecule has 0 spiro atoms. The molecule has 2 nitrogen and oxygen atoms in total. The van der Waals surface area contributed by atoms with Gasteiger partial charge in [0.25, 0.3) is 0 Å². The van der Waals surface area contributed by atoms with E-state index in [0.29, 0.717) is 17.6 Å². The summed E-state index contributed by atoms with van der Waals surface area (Å²) in [4.78, 5) is 2.79. The van der Waals surface area contributed by atoms with Gasteiger partial charge >= 0.3 is 0 Å². The number of hydrogen-bond acceptors (Lipinski definition) is 3. The van der Waals surface area contributed by atoms with Gasteiger partial charge in [-0.3, -0.25) is 4.90 Å². The molecule has 1 saturated heterocycles. The quantitative estimate of drug-likeness (QED) is 0.769. The number of hydrogen-bond donors (Lipinski definition) is 1. The second-order valence-electron chi connectivity index (χ2n) is 6.36. The van der Waals surface area contributed by atoms with Gasteiger partial charge in [-0.25, -0.2) is 0 Å². The second-order valence-corrected chi connectivity index (χ2v) is 7.68. The van der Waals surface area contributed by atoms with Crippen LogP contribution in [0.15, 0.2) is 0 Å². The van der Waals surface area contributed by atoms with Crippen LogP contribution >= 0.6 is 11.8 Å².